The SMILES string of the molecule is O=C(NC[C@H]1COc2ccccc2O1)C1CCN(S(=O)(=O)Cc2ccccc2F)CC1. The number of rotatable bonds is 6. The summed E-state index contributed by atoms with van der Waals surface area (Å²) < 4.78 is 51.9. The van der Waals surface area contributed by atoms with E-state index in [1.54, 1.807) is 6.07 Å². The number of para-hydroxylation sites is 2. The normalized spacial score (nSPS) is 19.7. The van der Waals surface area contributed by atoms with Gasteiger partial charge in [0.2, 0.25) is 15.9 Å². The lowest BCUT2D eigenvalue weighted by Crippen LogP contribution is -2.46. The van der Waals surface area contributed by atoms with Crippen molar-refractivity contribution in [3.05, 3.63) is 59.9 Å². The smallest absolute Gasteiger partial charge is 0.223 e. The third-order valence-corrected chi connectivity index (χ3v) is 7.41. The number of hydrogen-bond donors (Lipinski definition) is 1. The number of hydrogen-bond acceptors (Lipinski definition) is 5. The molecule has 2 aromatic rings. The molecular weight excluding hydrogens is 423 g/mol. The summed E-state index contributed by atoms with van der Waals surface area (Å²) >= 11 is 0. The lowest BCUT2D eigenvalue weighted by Gasteiger charge is -2.31. The molecule has 166 valence electrons. The number of amides is 1. The van der Waals surface area contributed by atoms with Crippen molar-refractivity contribution in [2.24, 2.45) is 5.92 Å². The van der Waals surface area contributed by atoms with Gasteiger partial charge in [-0.1, -0.05) is 30.3 Å². The predicted molar refractivity (Wildman–Crippen MR) is 113 cm³/mol. The predicted octanol–water partition coefficient (Wildman–Crippen LogP) is 2.32. The van der Waals surface area contributed by atoms with Gasteiger partial charge in [0.05, 0.1) is 12.3 Å². The molecule has 31 heavy (non-hydrogen) atoms. The van der Waals surface area contributed by atoms with Crippen LogP contribution in [0.3, 0.4) is 0 Å². The molecule has 9 heteroatoms. The molecule has 2 aromatic carbocycles. The minimum Gasteiger partial charge on any atom is -0.486 e. The summed E-state index contributed by atoms with van der Waals surface area (Å²) in [6, 6.07) is 13.2. The molecule has 0 aliphatic carbocycles. The number of piperidine rings is 1. The Morgan fingerprint density at radius 1 is 1.06 bits per heavy atom. The number of nitrogens with zero attached hydrogens (tertiary/aromatic N) is 1. The molecule has 2 aliphatic heterocycles. The van der Waals surface area contributed by atoms with Crippen LogP contribution in [0.15, 0.2) is 48.5 Å². The monoisotopic (exact) mass is 448 g/mol. The Bertz CT molecular complexity index is 1040. The minimum absolute atomic E-state index is 0.117. The maximum Gasteiger partial charge on any atom is 0.223 e. The fraction of sp³-hybridized carbons (Fsp3) is 0.409. The summed E-state index contributed by atoms with van der Waals surface area (Å²) in [6.45, 7) is 1.15. The summed E-state index contributed by atoms with van der Waals surface area (Å²) in [6.07, 6.45) is 0.570. The Balaban J connectivity index is 1.25. The van der Waals surface area contributed by atoms with Crippen LogP contribution >= 0.6 is 0 Å². The van der Waals surface area contributed by atoms with E-state index in [1.165, 1.54) is 22.5 Å². The lowest BCUT2D eigenvalue weighted by molar-refractivity contribution is -0.126. The highest BCUT2D eigenvalue weighted by molar-refractivity contribution is 7.88. The molecule has 0 unspecified atom stereocenters. The van der Waals surface area contributed by atoms with Crippen molar-refractivity contribution in [1.82, 2.24) is 9.62 Å². The fourth-order valence-corrected chi connectivity index (χ4v) is 5.40. The highest BCUT2D eigenvalue weighted by Gasteiger charge is 2.32. The lowest BCUT2D eigenvalue weighted by atomic mass is 9.97. The van der Waals surface area contributed by atoms with E-state index in [0.717, 1.165) is 0 Å². The molecule has 0 spiro atoms. The molecule has 0 aromatic heterocycles. The highest BCUT2D eigenvalue weighted by atomic mass is 32.2. The molecule has 0 bridgehead atoms. The quantitative estimate of drug-likeness (QED) is 0.733. The van der Waals surface area contributed by atoms with Gasteiger partial charge in [-0.25, -0.2) is 17.1 Å². The van der Waals surface area contributed by atoms with E-state index >= 15 is 0 Å². The zero-order valence-electron chi connectivity index (χ0n) is 17.0. The Morgan fingerprint density at radius 3 is 2.48 bits per heavy atom. The number of ether oxygens (including phenoxy) is 2. The number of sulfonamides is 1. The maximum atomic E-state index is 13.8. The number of benzene rings is 2. The summed E-state index contributed by atoms with van der Waals surface area (Å²) in [4.78, 5) is 12.6. The van der Waals surface area contributed by atoms with Gasteiger partial charge in [-0.05, 0) is 31.0 Å². The largest absolute Gasteiger partial charge is 0.486 e. The first-order valence-electron chi connectivity index (χ1n) is 10.3. The molecular formula is C22H25FN2O5S. The molecule has 1 saturated heterocycles. The number of halogens is 1. The van der Waals surface area contributed by atoms with Gasteiger partial charge in [0.15, 0.2) is 11.5 Å². The molecule has 0 radical (unpaired) electrons. The van der Waals surface area contributed by atoms with Gasteiger partial charge in [0.25, 0.3) is 0 Å². The third-order valence-electron chi connectivity index (χ3n) is 5.59. The minimum atomic E-state index is -3.64. The molecule has 2 heterocycles. The van der Waals surface area contributed by atoms with Gasteiger partial charge in [0, 0.05) is 24.6 Å². The van der Waals surface area contributed by atoms with E-state index < -0.39 is 15.8 Å². The van der Waals surface area contributed by atoms with Crippen molar-refractivity contribution in [1.29, 1.82) is 0 Å². The molecule has 1 fully saturated rings. The van der Waals surface area contributed by atoms with Gasteiger partial charge in [0.1, 0.15) is 18.5 Å². The summed E-state index contributed by atoms with van der Waals surface area (Å²) in [5.41, 5.74) is 0.152. The van der Waals surface area contributed by atoms with Gasteiger partial charge < -0.3 is 14.8 Å². The van der Waals surface area contributed by atoms with Crippen LogP contribution in [-0.4, -0.2) is 51.0 Å². The zero-order chi connectivity index (χ0) is 21.8. The van der Waals surface area contributed by atoms with Gasteiger partial charge in [-0.2, -0.15) is 0 Å². The van der Waals surface area contributed by atoms with Crippen molar-refractivity contribution < 1.29 is 27.1 Å². The van der Waals surface area contributed by atoms with Crippen molar-refractivity contribution in [3.8, 4) is 11.5 Å². The molecule has 7 nitrogen and oxygen atoms in total. The van der Waals surface area contributed by atoms with Crippen LogP contribution < -0.4 is 14.8 Å². The first-order valence-corrected chi connectivity index (χ1v) is 11.9. The van der Waals surface area contributed by atoms with Crippen molar-refractivity contribution >= 4 is 15.9 Å². The Hall–Kier alpha value is -2.65. The second-order valence-corrected chi connectivity index (χ2v) is 9.73. The number of fused-ring (bicyclic) bond motifs is 1. The van der Waals surface area contributed by atoms with Crippen LogP contribution in [0.4, 0.5) is 4.39 Å². The Kier molecular flexibility index (Phi) is 6.43. The summed E-state index contributed by atoms with van der Waals surface area (Å²) in [5, 5.41) is 2.89. The van der Waals surface area contributed by atoms with E-state index in [4.69, 9.17) is 9.47 Å². The van der Waals surface area contributed by atoms with Crippen LogP contribution in [0.2, 0.25) is 0 Å². The van der Waals surface area contributed by atoms with Gasteiger partial charge >= 0.3 is 0 Å². The van der Waals surface area contributed by atoms with Crippen molar-refractivity contribution in [2.75, 3.05) is 26.2 Å². The average Bonchev–Trinajstić information content (AvgIpc) is 2.79. The van der Waals surface area contributed by atoms with Crippen LogP contribution in [0.1, 0.15) is 18.4 Å². The summed E-state index contributed by atoms with van der Waals surface area (Å²) in [7, 11) is -3.64. The first-order chi connectivity index (χ1) is 14.9. The highest BCUT2D eigenvalue weighted by Crippen LogP contribution is 2.30. The van der Waals surface area contributed by atoms with Gasteiger partial charge in [-0.15, -0.1) is 0 Å². The van der Waals surface area contributed by atoms with E-state index in [1.807, 2.05) is 24.3 Å². The van der Waals surface area contributed by atoms with Crippen LogP contribution in [-0.2, 0) is 20.6 Å². The molecule has 0 saturated carbocycles. The second-order valence-electron chi connectivity index (χ2n) is 7.76. The van der Waals surface area contributed by atoms with E-state index in [9.17, 15) is 17.6 Å². The van der Waals surface area contributed by atoms with Crippen LogP contribution in [0.5, 0.6) is 11.5 Å². The molecule has 1 N–H and O–H groups in total. The Morgan fingerprint density at radius 2 is 1.74 bits per heavy atom. The molecule has 2 aliphatic rings. The van der Waals surface area contributed by atoms with E-state index in [-0.39, 0.29) is 42.3 Å². The fourth-order valence-electron chi connectivity index (χ4n) is 3.82. The second kappa shape index (κ2) is 9.23. The van der Waals surface area contributed by atoms with E-state index in [0.29, 0.717) is 37.5 Å². The topological polar surface area (TPSA) is 84.9 Å². The molecule has 4 rings (SSSR count). The van der Waals surface area contributed by atoms with Crippen molar-refractivity contribution in [3.63, 3.8) is 0 Å². The molecule has 1 amide bonds. The number of nitrogens with one attached hydrogen (secondary N) is 1. The summed E-state index contributed by atoms with van der Waals surface area (Å²) in [5.74, 6) is 0.0504. The molecule has 1 atom stereocenters. The number of carbonyl (C=O) groups is 1. The zero-order valence-corrected chi connectivity index (χ0v) is 17.8. The van der Waals surface area contributed by atoms with Crippen LogP contribution in [0.25, 0.3) is 0 Å². The average molecular weight is 449 g/mol. The van der Waals surface area contributed by atoms with Gasteiger partial charge in [-0.3, -0.25) is 4.79 Å². The first kappa shape index (κ1) is 21.6. The third kappa shape index (κ3) is 5.16. The number of carbonyl (C=O) groups excluding carboxylic acids is 1. The van der Waals surface area contributed by atoms with Crippen LogP contribution in [0, 0.1) is 11.7 Å². The van der Waals surface area contributed by atoms with Crippen molar-refractivity contribution in [2.45, 2.75) is 24.7 Å². The maximum absolute atomic E-state index is 13.8. The van der Waals surface area contributed by atoms with E-state index in [2.05, 4.69) is 5.32 Å². The Labute approximate surface area is 181 Å². The standard InChI is InChI=1S/C22H25FN2O5S/c23-19-6-2-1-5-17(19)15-31(27,28)25-11-9-16(10-12-25)22(26)24-13-18-14-29-20-7-3-4-8-21(20)30-18/h1-8,16,18H,9-15H2,(H,24,26)/t18-/m0/s1.